The summed E-state index contributed by atoms with van der Waals surface area (Å²) in [5, 5.41) is 3.38. The summed E-state index contributed by atoms with van der Waals surface area (Å²) in [6, 6.07) is 0. The lowest BCUT2D eigenvalue weighted by Gasteiger charge is -1.99. The number of rotatable bonds is 0. The second-order valence-electron chi connectivity index (χ2n) is 1.90. The lowest BCUT2D eigenvalue weighted by atomic mass is 10.4. The number of hydrogen-bond acceptors (Lipinski definition) is 1. The Morgan fingerprint density at radius 3 is 2.30 bits per heavy atom. The number of alkyl halides is 3. The number of nitrogens with zero attached hydrogens (tertiary/aromatic N) is 2. The third-order valence-corrected chi connectivity index (χ3v) is 1.03. The second kappa shape index (κ2) is 2.00. The van der Waals surface area contributed by atoms with E-state index < -0.39 is 11.7 Å². The van der Waals surface area contributed by atoms with Crippen LogP contribution in [0.2, 0.25) is 0 Å². The maximum atomic E-state index is 11.7. The zero-order chi connectivity index (χ0) is 7.78. The number of halogens is 3. The molecule has 2 nitrogen and oxygen atoms in total. The SMILES string of the molecule is Cn1cc(C(F)(F)F)cn1. The Morgan fingerprint density at radius 1 is 1.50 bits per heavy atom. The van der Waals surface area contributed by atoms with Gasteiger partial charge >= 0.3 is 6.18 Å². The molecule has 0 saturated carbocycles. The number of aromatic nitrogens is 2. The molecule has 0 spiro atoms. The van der Waals surface area contributed by atoms with Gasteiger partial charge in [0.15, 0.2) is 0 Å². The van der Waals surface area contributed by atoms with E-state index in [0.717, 1.165) is 17.1 Å². The van der Waals surface area contributed by atoms with Crippen LogP contribution in [0, 0.1) is 0 Å². The third kappa shape index (κ3) is 1.29. The molecule has 0 aliphatic rings. The molecular formula is C5H5F3N2. The Bertz CT molecular complexity index is 225. The van der Waals surface area contributed by atoms with Crippen LogP contribution < -0.4 is 0 Å². The van der Waals surface area contributed by atoms with Gasteiger partial charge in [0.05, 0.1) is 11.8 Å². The molecule has 5 heteroatoms. The highest BCUT2D eigenvalue weighted by atomic mass is 19.4. The van der Waals surface area contributed by atoms with Crippen LogP contribution in [0.1, 0.15) is 5.56 Å². The summed E-state index contributed by atoms with van der Waals surface area (Å²) in [5.41, 5.74) is -0.713. The van der Waals surface area contributed by atoms with Crippen molar-refractivity contribution in [1.29, 1.82) is 0 Å². The van der Waals surface area contributed by atoms with Gasteiger partial charge in [0.25, 0.3) is 0 Å². The van der Waals surface area contributed by atoms with E-state index in [1.54, 1.807) is 0 Å². The average Bonchev–Trinajstić information content (AvgIpc) is 2.11. The summed E-state index contributed by atoms with van der Waals surface area (Å²) in [5.74, 6) is 0. The summed E-state index contributed by atoms with van der Waals surface area (Å²) in [6.07, 6.45) is -2.55. The van der Waals surface area contributed by atoms with Crippen LogP contribution in [0.15, 0.2) is 12.4 Å². The highest BCUT2D eigenvalue weighted by molar-refractivity contribution is 5.07. The van der Waals surface area contributed by atoms with Crippen LogP contribution in [0.25, 0.3) is 0 Å². The Labute approximate surface area is 55.3 Å². The van der Waals surface area contributed by atoms with Gasteiger partial charge in [-0.3, -0.25) is 4.68 Å². The molecule has 0 unspecified atom stereocenters. The van der Waals surface area contributed by atoms with Gasteiger partial charge in [-0.1, -0.05) is 0 Å². The molecule has 0 aromatic carbocycles. The van der Waals surface area contributed by atoms with Gasteiger partial charge in [-0.05, 0) is 0 Å². The maximum Gasteiger partial charge on any atom is 0.419 e. The number of aryl methyl sites for hydroxylation is 1. The largest absolute Gasteiger partial charge is 0.419 e. The van der Waals surface area contributed by atoms with Crippen molar-refractivity contribution in [3.8, 4) is 0 Å². The average molecular weight is 150 g/mol. The molecule has 56 valence electrons. The van der Waals surface area contributed by atoms with Gasteiger partial charge in [0.2, 0.25) is 0 Å². The molecule has 1 rings (SSSR count). The highest BCUT2D eigenvalue weighted by Gasteiger charge is 2.31. The van der Waals surface area contributed by atoms with E-state index in [0.29, 0.717) is 0 Å². The molecule has 0 N–H and O–H groups in total. The Balaban J connectivity index is 2.96. The van der Waals surface area contributed by atoms with Crippen molar-refractivity contribution in [3.05, 3.63) is 18.0 Å². The van der Waals surface area contributed by atoms with Gasteiger partial charge in [0.1, 0.15) is 0 Å². The zero-order valence-corrected chi connectivity index (χ0v) is 5.18. The van der Waals surface area contributed by atoms with E-state index in [4.69, 9.17) is 0 Å². The summed E-state index contributed by atoms with van der Waals surface area (Å²) in [4.78, 5) is 0. The van der Waals surface area contributed by atoms with Crippen LogP contribution in [-0.4, -0.2) is 9.78 Å². The first kappa shape index (κ1) is 7.11. The highest BCUT2D eigenvalue weighted by Crippen LogP contribution is 2.27. The zero-order valence-electron chi connectivity index (χ0n) is 5.18. The van der Waals surface area contributed by atoms with Gasteiger partial charge in [-0.2, -0.15) is 18.3 Å². The van der Waals surface area contributed by atoms with Crippen molar-refractivity contribution in [2.45, 2.75) is 6.18 Å². The fraction of sp³-hybridized carbons (Fsp3) is 0.400. The summed E-state index contributed by atoms with van der Waals surface area (Å²) in [7, 11) is 1.44. The minimum absolute atomic E-state index is 0.713. The first-order chi connectivity index (χ1) is 4.50. The second-order valence-corrected chi connectivity index (χ2v) is 1.90. The minimum Gasteiger partial charge on any atom is -0.275 e. The molecule has 0 aliphatic heterocycles. The van der Waals surface area contributed by atoms with Crippen LogP contribution in [0.5, 0.6) is 0 Å². The lowest BCUT2D eigenvalue weighted by molar-refractivity contribution is -0.137. The van der Waals surface area contributed by atoms with Crippen molar-refractivity contribution in [2.75, 3.05) is 0 Å². The van der Waals surface area contributed by atoms with Crippen LogP contribution in [0.3, 0.4) is 0 Å². The molecule has 1 heterocycles. The number of hydrogen-bond donors (Lipinski definition) is 0. The van der Waals surface area contributed by atoms with Gasteiger partial charge in [-0.15, -0.1) is 0 Å². The Kier molecular flexibility index (Phi) is 1.42. The minimum atomic E-state index is -4.27. The van der Waals surface area contributed by atoms with E-state index in [2.05, 4.69) is 5.10 Å². The molecule has 0 amide bonds. The molecule has 0 radical (unpaired) electrons. The fourth-order valence-electron chi connectivity index (χ4n) is 0.568. The first-order valence-electron chi connectivity index (χ1n) is 2.56. The Hall–Kier alpha value is -1.00. The molecule has 1 aromatic heterocycles. The topological polar surface area (TPSA) is 17.8 Å². The van der Waals surface area contributed by atoms with Crippen molar-refractivity contribution >= 4 is 0 Å². The van der Waals surface area contributed by atoms with E-state index >= 15 is 0 Å². The van der Waals surface area contributed by atoms with E-state index in [9.17, 15) is 13.2 Å². The monoisotopic (exact) mass is 150 g/mol. The van der Waals surface area contributed by atoms with E-state index in [-0.39, 0.29) is 0 Å². The van der Waals surface area contributed by atoms with Crippen molar-refractivity contribution < 1.29 is 13.2 Å². The normalized spacial score (nSPS) is 12.0. The van der Waals surface area contributed by atoms with Gasteiger partial charge in [0, 0.05) is 13.2 Å². The quantitative estimate of drug-likeness (QED) is 0.547. The lowest BCUT2D eigenvalue weighted by Crippen LogP contribution is -2.02. The predicted molar refractivity (Wildman–Crippen MR) is 28.2 cm³/mol. The first-order valence-corrected chi connectivity index (χ1v) is 2.56. The van der Waals surface area contributed by atoms with Crippen LogP contribution in [-0.2, 0) is 13.2 Å². The molecule has 0 saturated heterocycles. The smallest absolute Gasteiger partial charge is 0.275 e. The van der Waals surface area contributed by atoms with Crippen LogP contribution in [0.4, 0.5) is 13.2 Å². The standard InChI is InChI=1S/C5H5F3N2/c1-10-3-4(2-9-10)5(6,7)8/h2-3H,1H3. The molecule has 0 aliphatic carbocycles. The van der Waals surface area contributed by atoms with Crippen molar-refractivity contribution in [2.24, 2.45) is 7.05 Å². The van der Waals surface area contributed by atoms with Crippen LogP contribution >= 0.6 is 0 Å². The molecule has 0 atom stereocenters. The summed E-state index contributed by atoms with van der Waals surface area (Å²) < 4.78 is 36.4. The molecule has 0 fully saturated rings. The summed E-state index contributed by atoms with van der Waals surface area (Å²) >= 11 is 0. The molecule has 0 bridgehead atoms. The van der Waals surface area contributed by atoms with E-state index in [1.807, 2.05) is 0 Å². The molecule has 1 aromatic rings. The summed E-state index contributed by atoms with van der Waals surface area (Å²) in [6.45, 7) is 0. The van der Waals surface area contributed by atoms with Gasteiger partial charge in [-0.25, -0.2) is 0 Å². The fourth-order valence-corrected chi connectivity index (χ4v) is 0.568. The van der Waals surface area contributed by atoms with Crippen molar-refractivity contribution in [3.63, 3.8) is 0 Å². The van der Waals surface area contributed by atoms with Crippen molar-refractivity contribution in [1.82, 2.24) is 9.78 Å². The third-order valence-electron chi connectivity index (χ3n) is 1.03. The maximum absolute atomic E-state index is 11.7. The van der Waals surface area contributed by atoms with E-state index in [1.165, 1.54) is 7.05 Å². The predicted octanol–water partition coefficient (Wildman–Crippen LogP) is 1.44. The van der Waals surface area contributed by atoms with Gasteiger partial charge < -0.3 is 0 Å². The molecule has 10 heavy (non-hydrogen) atoms. The Morgan fingerprint density at radius 2 is 2.10 bits per heavy atom. The molecular weight excluding hydrogens is 145 g/mol.